The Morgan fingerprint density at radius 2 is 2.16 bits per heavy atom. The van der Waals surface area contributed by atoms with Gasteiger partial charge in [-0.05, 0) is 46.1 Å². The molecule has 8 nitrogen and oxygen atoms in total. The number of nitrogens with one attached hydrogen (secondary N) is 1. The molecule has 1 heterocycles. The molecule has 2 aliphatic rings. The van der Waals surface area contributed by atoms with Gasteiger partial charge >= 0.3 is 0 Å². The standard InChI is InChI=1S/C29H36N4O4/c1-6-21(16-22(17-30)20(4)36-19(2)3)29-32-28(33-37-29)25-14-11-10-13-24-23(25)12-8-7-9-15-26(24)31-27(34)18-35-5/h6,10-11,13-14,16,19,24,26H,4,7-9,12,15,18H2,1-3,5H3,(H,31,34)/b21-6+,22-16-/t24?,26-/m0/s1. The molecule has 1 aromatic heterocycles. The van der Waals surface area contributed by atoms with Gasteiger partial charge in [-0.3, -0.25) is 4.79 Å². The molecule has 2 aliphatic carbocycles. The van der Waals surface area contributed by atoms with Gasteiger partial charge in [0.25, 0.3) is 5.89 Å². The van der Waals surface area contributed by atoms with Gasteiger partial charge in [0.1, 0.15) is 18.4 Å². The summed E-state index contributed by atoms with van der Waals surface area (Å²) in [7, 11) is 1.52. The number of carbonyl (C=O) groups is 1. The minimum Gasteiger partial charge on any atom is -0.490 e. The summed E-state index contributed by atoms with van der Waals surface area (Å²) in [6.07, 6.45) is 16.4. The molecule has 1 N–H and O–H groups in total. The second kappa shape index (κ2) is 13.6. The fraction of sp³-hybridized carbons (Fsp3) is 0.448. The molecular formula is C29H36N4O4. The van der Waals surface area contributed by atoms with Gasteiger partial charge in [0, 0.05) is 30.2 Å². The van der Waals surface area contributed by atoms with Gasteiger partial charge in [0.15, 0.2) is 0 Å². The SMILES string of the molecule is C=C(OC(C)C)/C(C#N)=C\C(=C/C)c1nc(C2=C3CCCCC[C@H](NC(=O)COC)C3C=CC=C2)no1. The Labute approximate surface area is 219 Å². The number of nitriles is 1. The van der Waals surface area contributed by atoms with Gasteiger partial charge in [0.2, 0.25) is 11.7 Å². The fourth-order valence-electron chi connectivity index (χ4n) is 4.61. The minimum atomic E-state index is -0.123. The van der Waals surface area contributed by atoms with Gasteiger partial charge in [-0.15, -0.1) is 0 Å². The summed E-state index contributed by atoms with van der Waals surface area (Å²) < 4.78 is 16.3. The zero-order valence-corrected chi connectivity index (χ0v) is 22.1. The Kier molecular flexibility index (Phi) is 10.2. The number of allylic oxidation sites excluding steroid dienone is 8. The Morgan fingerprint density at radius 1 is 1.35 bits per heavy atom. The molecular weight excluding hydrogens is 468 g/mol. The lowest BCUT2D eigenvalue weighted by molar-refractivity contribution is -0.125. The van der Waals surface area contributed by atoms with Crippen molar-refractivity contribution in [3.8, 4) is 6.07 Å². The molecule has 0 spiro atoms. The van der Waals surface area contributed by atoms with Crippen molar-refractivity contribution >= 4 is 17.1 Å². The summed E-state index contributed by atoms with van der Waals surface area (Å²) in [5.41, 5.74) is 2.96. The first-order valence-electron chi connectivity index (χ1n) is 12.7. The number of aromatic nitrogens is 2. The van der Waals surface area contributed by atoms with E-state index in [1.165, 1.54) is 12.7 Å². The van der Waals surface area contributed by atoms with Crippen molar-refractivity contribution in [1.29, 1.82) is 5.26 Å². The van der Waals surface area contributed by atoms with Crippen molar-refractivity contribution < 1.29 is 18.8 Å². The Bertz CT molecular complexity index is 1180. The Hall–Kier alpha value is -3.70. The monoisotopic (exact) mass is 504 g/mol. The molecule has 0 radical (unpaired) electrons. The third kappa shape index (κ3) is 7.40. The van der Waals surface area contributed by atoms with E-state index in [2.05, 4.69) is 29.2 Å². The summed E-state index contributed by atoms with van der Waals surface area (Å²) in [4.78, 5) is 17.1. The molecule has 3 rings (SSSR count). The van der Waals surface area contributed by atoms with Gasteiger partial charge in [-0.25, -0.2) is 0 Å². The van der Waals surface area contributed by atoms with E-state index in [-0.39, 0.29) is 36.2 Å². The second-order valence-electron chi connectivity index (χ2n) is 9.34. The van der Waals surface area contributed by atoms with Crippen molar-refractivity contribution in [2.24, 2.45) is 5.92 Å². The smallest absolute Gasteiger partial charge is 0.257 e. The predicted molar refractivity (Wildman–Crippen MR) is 143 cm³/mol. The van der Waals surface area contributed by atoms with Crippen molar-refractivity contribution in [2.75, 3.05) is 13.7 Å². The average molecular weight is 505 g/mol. The van der Waals surface area contributed by atoms with Crippen LogP contribution in [0.3, 0.4) is 0 Å². The van der Waals surface area contributed by atoms with Crippen molar-refractivity contribution in [2.45, 2.75) is 65.0 Å². The van der Waals surface area contributed by atoms with E-state index in [9.17, 15) is 10.1 Å². The highest BCUT2D eigenvalue weighted by molar-refractivity contribution is 5.79. The van der Waals surface area contributed by atoms with Crippen LogP contribution in [0.4, 0.5) is 0 Å². The number of hydrogen-bond donors (Lipinski definition) is 1. The fourth-order valence-corrected chi connectivity index (χ4v) is 4.61. The van der Waals surface area contributed by atoms with Gasteiger partial charge in [-0.2, -0.15) is 10.2 Å². The van der Waals surface area contributed by atoms with Crippen LogP contribution in [-0.4, -0.2) is 41.9 Å². The third-order valence-corrected chi connectivity index (χ3v) is 6.28. The predicted octanol–water partition coefficient (Wildman–Crippen LogP) is 5.45. The van der Waals surface area contributed by atoms with Crippen LogP contribution in [0, 0.1) is 17.2 Å². The highest BCUT2D eigenvalue weighted by Crippen LogP contribution is 2.36. The number of methoxy groups -OCH3 is 1. The number of fused-ring (bicyclic) bond motifs is 1. The summed E-state index contributed by atoms with van der Waals surface area (Å²) >= 11 is 0. The Morgan fingerprint density at radius 3 is 2.86 bits per heavy atom. The maximum atomic E-state index is 12.4. The molecule has 0 aromatic carbocycles. The molecule has 2 atom stereocenters. The van der Waals surface area contributed by atoms with E-state index in [1.54, 1.807) is 12.2 Å². The zero-order valence-electron chi connectivity index (χ0n) is 22.1. The van der Waals surface area contributed by atoms with E-state index in [1.807, 2.05) is 39.0 Å². The van der Waals surface area contributed by atoms with Crippen LogP contribution in [0.5, 0.6) is 0 Å². The first-order valence-corrected chi connectivity index (χ1v) is 12.7. The number of hydrogen-bond acceptors (Lipinski definition) is 7. The molecule has 1 amide bonds. The van der Waals surface area contributed by atoms with Crippen LogP contribution in [-0.2, 0) is 14.3 Å². The van der Waals surface area contributed by atoms with E-state index in [0.717, 1.165) is 37.7 Å². The van der Waals surface area contributed by atoms with Gasteiger partial charge < -0.3 is 19.3 Å². The highest BCUT2D eigenvalue weighted by Gasteiger charge is 2.29. The largest absolute Gasteiger partial charge is 0.490 e. The van der Waals surface area contributed by atoms with Crippen LogP contribution in [0.1, 0.15) is 64.6 Å². The Balaban J connectivity index is 1.97. The first kappa shape index (κ1) is 27.9. The van der Waals surface area contributed by atoms with Crippen LogP contribution in [0.15, 0.2) is 64.5 Å². The van der Waals surface area contributed by atoms with Gasteiger partial charge in [0.05, 0.1) is 11.7 Å². The molecule has 0 aliphatic heterocycles. The highest BCUT2D eigenvalue weighted by atomic mass is 16.5. The molecule has 1 fully saturated rings. The molecule has 37 heavy (non-hydrogen) atoms. The minimum absolute atomic E-state index is 0.0100. The number of nitrogens with zero attached hydrogens (tertiary/aromatic N) is 3. The van der Waals surface area contributed by atoms with Crippen molar-refractivity contribution in [1.82, 2.24) is 15.5 Å². The van der Waals surface area contributed by atoms with Crippen LogP contribution < -0.4 is 5.32 Å². The molecule has 1 aromatic rings. The maximum absolute atomic E-state index is 12.4. The molecule has 0 bridgehead atoms. The molecule has 1 saturated carbocycles. The van der Waals surface area contributed by atoms with Crippen LogP contribution in [0.25, 0.3) is 11.1 Å². The van der Waals surface area contributed by atoms with Crippen LogP contribution >= 0.6 is 0 Å². The van der Waals surface area contributed by atoms with Gasteiger partial charge in [-0.1, -0.05) is 60.5 Å². The van der Waals surface area contributed by atoms with E-state index < -0.39 is 0 Å². The first-order chi connectivity index (χ1) is 17.9. The summed E-state index contributed by atoms with van der Waals surface area (Å²) in [5.74, 6) is 0.950. The van der Waals surface area contributed by atoms with Crippen molar-refractivity contribution in [3.63, 3.8) is 0 Å². The van der Waals surface area contributed by atoms with E-state index >= 15 is 0 Å². The van der Waals surface area contributed by atoms with E-state index in [0.29, 0.717) is 23.0 Å². The normalized spacial score (nSPS) is 20.5. The van der Waals surface area contributed by atoms with E-state index in [4.69, 9.17) is 19.0 Å². The number of carbonyl (C=O) groups excluding carboxylic acids is 1. The van der Waals surface area contributed by atoms with Crippen LogP contribution in [0.2, 0.25) is 0 Å². The number of ether oxygens (including phenoxy) is 2. The maximum Gasteiger partial charge on any atom is 0.257 e. The quantitative estimate of drug-likeness (QED) is 0.270. The number of amides is 1. The number of rotatable bonds is 9. The lowest BCUT2D eigenvalue weighted by Gasteiger charge is -2.31. The molecule has 1 unspecified atom stereocenters. The summed E-state index contributed by atoms with van der Waals surface area (Å²) in [5, 5.41) is 17.1. The summed E-state index contributed by atoms with van der Waals surface area (Å²) in [6, 6.07) is 2.09. The molecule has 196 valence electrons. The van der Waals surface area contributed by atoms with Crippen molar-refractivity contribution in [3.05, 3.63) is 71.7 Å². The molecule has 0 saturated heterocycles. The zero-order chi connectivity index (χ0) is 26.8. The summed E-state index contributed by atoms with van der Waals surface area (Å²) in [6.45, 7) is 9.49. The molecule has 8 heteroatoms. The second-order valence-corrected chi connectivity index (χ2v) is 9.34. The average Bonchev–Trinajstić information content (AvgIpc) is 3.24. The third-order valence-electron chi connectivity index (χ3n) is 6.28. The lowest BCUT2D eigenvalue weighted by Crippen LogP contribution is -2.42. The lowest BCUT2D eigenvalue weighted by atomic mass is 9.80. The topological polar surface area (TPSA) is 110 Å².